The molecule has 0 bridgehead atoms. The highest BCUT2D eigenvalue weighted by Gasteiger charge is 2.35. The minimum atomic E-state index is 0.0101. The number of aromatic nitrogens is 2. The Morgan fingerprint density at radius 2 is 1.79 bits per heavy atom. The van der Waals surface area contributed by atoms with Crippen LogP contribution < -0.4 is 10.1 Å². The van der Waals surface area contributed by atoms with Crippen molar-refractivity contribution in [3.05, 3.63) is 36.0 Å². The van der Waals surface area contributed by atoms with Crippen LogP contribution in [0.1, 0.15) is 57.8 Å². The molecule has 0 radical (unpaired) electrons. The molecule has 0 aromatic carbocycles. The normalized spacial score (nSPS) is 23.1. The Balaban J connectivity index is 1.39. The van der Waals surface area contributed by atoms with Crippen molar-refractivity contribution < 1.29 is 9.53 Å². The molecule has 28 heavy (non-hydrogen) atoms. The summed E-state index contributed by atoms with van der Waals surface area (Å²) in [6.07, 6.45) is 13.4. The van der Waals surface area contributed by atoms with Gasteiger partial charge in [-0.25, -0.2) is 14.8 Å². The van der Waals surface area contributed by atoms with Gasteiger partial charge in [0.25, 0.3) is 0 Å². The number of rotatable bonds is 5. The Morgan fingerprint density at radius 3 is 2.46 bits per heavy atom. The first-order valence-electron chi connectivity index (χ1n) is 10.4. The van der Waals surface area contributed by atoms with Crippen LogP contribution in [-0.4, -0.2) is 39.1 Å². The Hall–Kier alpha value is -2.15. The maximum Gasteiger partial charge on any atom is 0.324 e. The van der Waals surface area contributed by atoms with Crippen molar-refractivity contribution in [2.45, 2.75) is 76.0 Å². The monoisotopic (exact) mass is 400 g/mol. The number of hydrogen-bond acceptors (Lipinski definition) is 5. The molecule has 2 aromatic rings. The summed E-state index contributed by atoms with van der Waals surface area (Å²) in [7, 11) is 0. The highest BCUT2D eigenvalue weighted by Crippen LogP contribution is 2.32. The summed E-state index contributed by atoms with van der Waals surface area (Å²) in [6, 6.07) is 6.37. The number of urea groups is 1. The van der Waals surface area contributed by atoms with Crippen molar-refractivity contribution in [1.82, 2.24) is 14.9 Å². The first-order valence-corrected chi connectivity index (χ1v) is 11.2. The third kappa shape index (κ3) is 4.82. The van der Waals surface area contributed by atoms with E-state index < -0.39 is 0 Å². The molecule has 7 heteroatoms. The van der Waals surface area contributed by atoms with E-state index in [-0.39, 0.29) is 18.2 Å². The van der Waals surface area contributed by atoms with Crippen molar-refractivity contribution in [2.24, 2.45) is 0 Å². The highest BCUT2D eigenvalue weighted by molar-refractivity contribution is 7.13. The van der Waals surface area contributed by atoms with E-state index in [9.17, 15) is 4.79 Å². The number of thiazole rings is 1. The zero-order chi connectivity index (χ0) is 19.2. The van der Waals surface area contributed by atoms with Crippen LogP contribution in [0.25, 0.3) is 0 Å². The third-order valence-electron chi connectivity index (χ3n) is 5.81. The fourth-order valence-electron chi connectivity index (χ4n) is 4.46. The van der Waals surface area contributed by atoms with Crippen LogP contribution in [0, 0.1) is 0 Å². The topological polar surface area (TPSA) is 67.4 Å². The van der Waals surface area contributed by atoms with E-state index in [1.807, 2.05) is 23.6 Å². The first kappa shape index (κ1) is 19.2. The molecule has 2 aliphatic rings. The Labute approximate surface area is 170 Å². The summed E-state index contributed by atoms with van der Waals surface area (Å²) >= 11 is 1.47. The number of hydrogen-bond donors (Lipinski definition) is 1. The van der Waals surface area contributed by atoms with Gasteiger partial charge < -0.3 is 9.64 Å². The predicted octanol–water partition coefficient (Wildman–Crippen LogP) is 5.09. The fourth-order valence-corrected chi connectivity index (χ4v) is 4.98. The van der Waals surface area contributed by atoms with Gasteiger partial charge in [-0.15, -0.1) is 11.3 Å². The van der Waals surface area contributed by atoms with Gasteiger partial charge in [0.1, 0.15) is 6.10 Å². The molecule has 6 nitrogen and oxygen atoms in total. The molecule has 0 atom stereocenters. The fraction of sp³-hybridized carbons (Fsp3) is 0.571. The maximum atomic E-state index is 13.1. The van der Waals surface area contributed by atoms with Gasteiger partial charge in [-0.1, -0.05) is 25.3 Å². The van der Waals surface area contributed by atoms with Gasteiger partial charge in [-0.05, 0) is 44.6 Å². The molecule has 2 aliphatic carbocycles. The average Bonchev–Trinajstić information content (AvgIpc) is 3.24. The number of ether oxygens (including phenoxy) is 1. The molecule has 1 N–H and O–H groups in total. The Kier molecular flexibility index (Phi) is 6.41. The van der Waals surface area contributed by atoms with Gasteiger partial charge in [0.05, 0.1) is 0 Å². The lowest BCUT2D eigenvalue weighted by Gasteiger charge is -2.42. The van der Waals surface area contributed by atoms with E-state index in [0.29, 0.717) is 17.1 Å². The number of amides is 2. The summed E-state index contributed by atoms with van der Waals surface area (Å²) in [5, 5.41) is 5.59. The van der Waals surface area contributed by atoms with Crippen molar-refractivity contribution in [3.8, 4) is 5.88 Å². The second kappa shape index (κ2) is 9.37. The first-order chi connectivity index (χ1) is 13.8. The van der Waals surface area contributed by atoms with Crippen molar-refractivity contribution in [2.75, 3.05) is 5.32 Å². The lowest BCUT2D eigenvalue weighted by molar-refractivity contribution is 0.0732. The van der Waals surface area contributed by atoms with Crippen LogP contribution >= 0.6 is 11.3 Å². The number of nitrogens with zero attached hydrogens (tertiary/aromatic N) is 3. The molecule has 0 saturated heterocycles. The highest BCUT2D eigenvalue weighted by atomic mass is 32.1. The number of nitrogens with one attached hydrogen (secondary N) is 1. The molecule has 2 heterocycles. The molecule has 2 fully saturated rings. The van der Waals surface area contributed by atoms with Crippen LogP contribution in [0.3, 0.4) is 0 Å². The Morgan fingerprint density at radius 1 is 1.00 bits per heavy atom. The third-order valence-corrected chi connectivity index (χ3v) is 6.50. The van der Waals surface area contributed by atoms with E-state index in [2.05, 4.69) is 20.2 Å². The van der Waals surface area contributed by atoms with Gasteiger partial charge in [-0.2, -0.15) is 0 Å². The van der Waals surface area contributed by atoms with Gasteiger partial charge in [-0.3, -0.25) is 5.32 Å². The zero-order valence-corrected chi connectivity index (χ0v) is 16.9. The molecule has 4 rings (SSSR count). The maximum absolute atomic E-state index is 13.1. The van der Waals surface area contributed by atoms with Crippen LogP contribution in [-0.2, 0) is 0 Å². The summed E-state index contributed by atoms with van der Waals surface area (Å²) in [5.74, 6) is 0.691. The largest absolute Gasteiger partial charge is 0.474 e. The average molecular weight is 401 g/mol. The van der Waals surface area contributed by atoms with Gasteiger partial charge in [0.15, 0.2) is 5.13 Å². The standard InChI is InChI=1S/C21H28N4O2S/c26-21(24-20-23-14-15-28-20)25(16-6-2-1-3-7-16)17-9-11-18(12-10-17)27-19-8-4-5-13-22-19/h4-5,8,13-18H,1-3,6-7,9-12H2,(H,23,24,26). The van der Waals surface area contributed by atoms with E-state index >= 15 is 0 Å². The molecule has 0 spiro atoms. The summed E-state index contributed by atoms with van der Waals surface area (Å²) in [5.41, 5.74) is 0. The minimum absolute atomic E-state index is 0.0101. The second-order valence-corrected chi connectivity index (χ2v) is 8.58. The van der Waals surface area contributed by atoms with E-state index in [1.54, 1.807) is 12.4 Å². The minimum Gasteiger partial charge on any atom is -0.474 e. The predicted molar refractivity (Wildman–Crippen MR) is 111 cm³/mol. The molecule has 2 amide bonds. The number of anilines is 1. The van der Waals surface area contributed by atoms with E-state index in [1.165, 1.54) is 30.6 Å². The van der Waals surface area contributed by atoms with Crippen molar-refractivity contribution in [1.29, 1.82) is 0 Å². The van der Waals surface area contributed by atoms with Gasteiger partial charge in [0, 0.05) is 35.9 Å². The van der Waals surface area contributed by atoms with Crippen molar-refractivity contribution >= 4 is 22.5 Å². The van der Waals surface area contributed by atoms with Crippen LogP contribution in [0.5, 0.6) is 5.88 Å². The lowest BCUT2D eigenvalue weighted by Crippen LogP contribution is -2.51. The van der Waals surface area contributed by atoms with Gasteiger partial charge >= 0.3 is 6.03 Å². The Bertz CT molecular complexity index is 726. The molecular formula is C21H28N4O2S. The van der Waals surface area contributed by atoms with Crippen molar-refractivity contribution in [3.63, 3.8) is 0 Å². The van der Waals surface area contributed by atoms with Crippen LogP contribution in [0.2, 0.25) is 0 Å². The smallest absolute Gasteiger partial charge is 0.324 e. The lowest BCUT2D eigenvalue weighted by atomic mass is 9.88. The number of carbonyl (C=O) groups excluding carboxylic acids is 1. The summed E-state index contributed by atoms with van der Waals surface area (Å²) < 4.78 is 6.04. The quantitative estimate of drug-likeness (QED) is 0.759. The molecule has 2 aromatic heterocycles. The van der Waals surface area contributed by atoms with Crippen LogP contribution in [0.4, 0.5) is 9.93 Å². The van der Waals surface area contributed by atoms with E-state index in [4.69, 9.17) is 4.74 Å². The molecule has 0 unspecified atom stereocenters. The molecular weight excluding hydrogens is 372 g/mol. The van der Waals surface area contributed by atoms with Crippen LogP contribution in [0.15, 0.2) is 36.0 Å². The molecule has 150 valence electrons. The summed E-state index contributed by atoms with van der Waals surface area (Å²) in [6.45, 7) is 0. The van der Waals surface area contributed by atoms with E-state index in [0.717, 1.165) is 38.5 Å². The van der Waals surface area contributed by atoms with Gasteiger partial charge in [0.2, 0.25) is 5.88 Å². The SMILES string of the molecule is O=C(Nc1nccs1)N(C1CCCCC1)C1CCC(Oc2ccccn2)CC1. The second-order valence-electron chi connectivity index (χ2n) is 7.68. The summed E-state index contributed by atoms with van der Waals surface area (Å²) in [4.78, 5) is 23.7. The zero-order valence-electron chi connectivity index (χ0n) is 16.1. The molecule has 2 saturated carbocycles. The number of carbonyl (C=O) groups is 1. The molecule has 0 aliphatic heterocycles. The number of pyridine rings is 1.